The Labute approximate surface area is 288 Å². The minimum Gasteiger partial charge on any atom is -0.466 e. The molecule has 2 fully saturated rings. The second kappa shape index (κ2) is 24.1. The van der Waals surface area contributed by atoms with Gasteiger partial charge < -0.3 is 47.4 Å². The first-order valence-electron chi connectivity index (χ1n) is 17.7. The van der Waals surface area contributed by atoms with Crippen molar-refractivity contribution in [3.8, 4) is 0 Å². The molecule has 0 aromatic rings. The molecule has 2 aliphatic heterocycles. The van der Waals surface area contributed by atoms with Crippen LogP contribution in [0.5, 0.6) is 0 Å². The zero-order chi connectivity index (χ0) is 35.2. The van der Waals surface area contributed by atoms with Gasteiger partial charge >= 0.3 is 32.4 Å². The van der Waals surface area contributed by atoms with Crippen LogP contribution in [0.1, 0.15) is 58.8 Å². The Morgan fingerprint density at radius 3 is 1.38 bits per heavy atom. The quantitative estimate of drug-likeness (QED) is 0.0627. The summed E-state index contributed by atoms with van der Waals surface area (Å²) in [5.74, 6) is -0.948. The summed E-state index contributed by atoms with van der Waals surface area (Å²) in [6.07, 6.45) is 3.43. The summed E-state index contributed by atoms with van der Waals surface area (Å²) in [6, 6.07) is 0.776. The number of esters is 4. The Bertz CT molecular complexity index is 941. The van der Waals surface area contributed by atoms with E-state index >= 15 is 0 Å². The molecular weight excluding hydrogens is 640 g/mol. The predicted octanol–water partition coefficient (Wildman–Crippen LogP) is 1.90. The van der Waals surface area contributed by atoms with Crippen molar-refractivity contribution in [3.63, 3.8) is 0 Å². The van der Waals surface area contributed by atoms with Crippen LogP contribution < -0.4 is 0 Å². The van der Waals surface area contributed by atoms with Crippen LogP contribution in [0.3, 0.4) is 0 Å². The second-order valence-corrected chi connectivity index (χ2v) is 16.4. The van der Waals surface area contributed by atoms with E-state index < -0.39 is 14.7 Å². The van der Waals surface area contributed by atoms with E-state index in [9.17, 15) is 19.2 Å². The Morgan fingerprint density at radius 1 is 0.604 bits per heavy atom. The first-order chi connectivity index (χ1) is 23.1. The van der Waals surface area contributed by atoms with Gasteiger partial charge in [-0.05, 0) is 32.4 Å². The molecule has 15 heteroatoms. The third-order valence-electron chi connectivity index (χ3n) is 8.93. The molecular formula is C33H62N4O10Si. The van der Waals surface area contributed by atoms with Gasteiger partial charge in [0.05, 0.1) is 38.9 Å². The minimum atomic E-state index is -2.13. The Balaban J connectivity index is 1.46. The number of ether oxygens (including phenoxy) is 4. The first-order valence-corrected chi connectivity index (χ1v) is 20.2. The van der Waals surface area contributed by atoms with Crippen LogP contribution >= 0.6 is 0 Å². The van der Waals surface area contributed by atoms with E-state index in [0.29, 0.717) is 52.2 Å². The summed E-state index contributed by atoms with van der Waals surface area (Å²) in [6.45, 7) is 15.9. The molecule has 2 rings (SSSR count). The summed E-state index contributed by atoms with van der Waals surface area (Å²) in [4.78, 5) is 57.5. The number of hydrogen-bond acceptors (Lipinski definition) is 14. The average Bonchev–Trinajstić information content (AvgIpc) is 3.09. The Morgan fingerprint density at radius 2 is 0.979 bits per heavy atom. The molecule has 2 aliphatic rings. The molecule has 0 spiro atoms. The van der Waals surface area contributed by atoms with Crippen molar-refractivity contribution in [1.29, 1.82) is 0 Å². The predicted molar refractivity (Wildman–Crippen MR) is 183 cm³/mol. The molecule has 1 unspecified atom stereocenters. The molecule has 0 aromatic heterocycles. The van der Waals surface area contributed by atoms with Crippen LogP contribution in [0.15, 0.2) is 0 Å². The van der Waals surface area contributed by atoms with Gasteiger partial charge in [-0.1, -0.05) is 13.3 Å². The molecule has 0 aliphatic carbocycles. The van der Waals surface area contributed by atoms with E-state index in [4.69, 9.17) is 27.8 Å². The number of carbonyl (C=O) groups is 4. The third kappa shape index (κ3) is 18.6. The van der Waals surface area contributed by atoms with Gasteiger partial charge in [-0.2, -0.15) is 0 Å². The van der Waals surface area contributed by atoms with Crippen molar-refractivity contribution in [1.82, 2.24) is 19.6 Å². The SMILES string of the molecule is CCCCOC(=O)CCN1CCN(CCC(=O)OC(C)COC(=O)CCN2CCN(CCC(=O)OCCC[Si](C)(OC)OC)CC2)CC1. The molecule has 48 heavy (non-hydrogen) atoms. The normalized spacial score (nSPS) is 17.5. The molecule has 0 bridgehead atoms. The fourth-order valence-electron chi connectivity index (χ4n) is 5.41. The molecule has 278 valence electrons. The van der Waals surface area contributed by atoms with Gasteiger partial charge in [0.15, 0.2) is 0 Å². The molecule has 0 amide bonds. The summed E-state index contributed by atoms with van der Waals surface area (Å²) in [5.41, 5.74) is 0. The van der Waals surface area contributed by atoms with Gasteiger partial charge in [-0.3, -0.25) is 19.2 Å². The zero-order valence-electron chi connectivity index (χ0n) is 30.2. The van der Waals surface area contributed by atoms with Crippen LogP contribution in [-0.2, 0) is 47.0 Å². The lowest BCUT2D eigenvalue weighted by Crippen LogP contribution is -2.47. The van der Waals surface area contributed by atoms with Crippen molar-refractivity contribution in [3.05, 3.63) is 0 Å². The Hall–Kier alpha value is -2.14. The lowest BCUT2D eigenvalue weighted by molar-refractivity contribution is -0.158. The maximum atomic E-state index is 12.4. The number of hydrogen-bond donors (Lipinski definition) is 0. The molecule has 2 heterocycles. The molecule has 0 aromatic carbocycles. The zero-order valence-corrected chi connectivity index (χ0v) is 31.2. The fraction of sp³-hybridized carbons (Fsp3) is 0.879. The molecule has 14 nitrogen and oxygen atoms in total. The van der Waals surface area contributed by atoms with E-state index in [1.807, 2.05) is 6.55 Å². The van der Waals surface area contributed by atoms with E-state index in [1.54, 1.807) is 21.1 Å². The van der Waals surface area contributed by atoms with Crippen molar-refractivity contribution < 1.29 is 47.0 Å². The highest BCUT2D eigenvalue weighted by Gasteiger charge is 2.28. The highest BCUT2D eigenvalue weighted by Crippen LogP contribution is 2.14. The van der Waals surface area contributed by atoms with E-state index in [2.05, 4.69) is 26.5 Å². The number of rotatable bonds is 24. The third-order valence-corrected chi connectivity index (χ3v) is 11.9. The number of nitrogens with zero attached hydrogens (tertiary/aromatic N) is 4. The van der Waals surface area contributed by atoms with Gasteiger partial charge in [0, 0.05) is 92.8 Å². The van der Waals surface area contributed by atoms with E-state index in [1.165, 1.54) is 0 Å². The first kappa shape index (κ1) is 42.0. The summed E-state index contributed by atoms with van der Waals surface area (Å²) in [5, 5.41) is 0. The van der Waals surface area contributed by atoms with E-state index in [-0.39, 0.29) is 43.3 Å². The molecule has 1 atom stereocenters. The topological polar surface area (TPSA) is 137 Å². The number of piperazine rings is 2. The largest absolute Gasteiger partial charge is 0.466 e. The maximum Gasteiger partial charge on any atom is 0.334 e. The fourth-order valence-corrected chi connectivity index (χ4v) is 6.77. The number of unbranched alkanes of at least 4 members (excludes halogenated alkanes) is 1. The van der Waals surface area contributed by atoms with Crippen molar-refractivity contribution >= 4 is 32.4 Å². The van der Waals surface area contributed by atoms with Crippen LogP contribution in [0, 0.1) is 0 Å². The smallest absolute Gasteiger partial charge is 0.334 e. The highest BCUT2D eigenvalue weighted by molar-refractivity contribution is 6.65. The standard InChI is InChI=1S/C33H62N4O10Si/c1-6-7-25-44-30(38)9-13-34-21-23-37(24-22-34)16-12-33(41)47-29(2)28-46-32(40)11-15-36-19-17-35(18-20-36)14-10-31(39)45-26-8-27-48(5,42-3)43-4/h29H,6-28H2,1-5H3. The molecule has 0 N–H and O–H groups in total. The highest BCUT2D eigenvalue weighted by atomic mass is 28.4. The van der Waals surface area contributed by atoms with Gasteiger partial charge in [-0.25, -0.2) is 0 Å². The monoisotopic (exact) mass is 702 g/mol. The number of carbonyl (C=O) groups excluding carboxylic acids is 4. The van der Waals surface area contributed by atoms with Crippen LogP contribution in [0.2, 0.25) is 12.6 Å². The lowest BCUT2D eigenvalue weighted by atomic mass is 10.2. The van der Waals surface area contributed by atoms with Crippen molar-refractivity contribution in [2.24, 2.45) is 0 Å². The van der Waals surface area contributed by atoms with Gasteiger partial charge in [0.1, 0.15) is 12.7 Å². The molecule has 0 radical (unpaired) electrons. The lowest BCUT2D eigenvalue weighted by Gasteiger charge is -2.34. The van der Waals surface area contributed by atoms with Crippen LogP contribution in [0.4, 0.5) is 0 Å². The van der Waals surface area contributed by atoms with Gasteiger partial charge in [0.2, 0.25) is 0 Å². The molecule has 2 saturated heterocycles. The maximum absolute atomic E-state index is 12.4. The summed E-state index contributed by atoms with van der Waals surface area (Å²) >= 11 is 0. The van der Waals surface area contributed by atoms with Crippen molar-refractivity contribution in [2.75, 3.05) is 113 Å². The van der Waals surface area contributed by atoms with Crippen LogP contribution in [-0.4, -0.2) is 171 Å². The Kier molecular flexibility index (Phi) is 21.1. The summed E-state index contributed by atoms with van der Waals surface area (Å²) < 4.78 is 32.3. The second-order valence-electron chi connectivity index (χ2n) is 12.8. The van der Waals surface area contributed by atoms with Crippen LogP contribution in [0.25, 0.3) is 0 Å². The average molecular weight is 703 g/mol. The van der Waals surface area contributed by atoms with Gasteiger partial charge in [0.25, 0.3) is 0 Å². The van der Waals surface area contributed by atoms with E-state index in [0.717, 1.165) is 77.7 Å². The minimum absolute atomic E-state index is 0.0357. The van der Waals surface area contributed by atoms with Gasteiger partial charge in [-0.15, -0.1) is 0 Å². The molecule has 0 saturated carbocycles. The van der Waals surface area contributed by atoms with Crippen molar-refractivity contribution in [2.45, 2.75) is 77.5 Å². The summed E-state index contributed by atoms with van der Waals surface area (Å²) in [7, 11) is 1.18.